The SMILES string of the molecule is COC(=O)/C=C/CNC(=O)c1nnn(C2CC2)c1C(F)(F)F. The number of hydrogen-bond acceptors (Lipinski definition) is 5. The van der Waals surface area contributed by atoms with Gasteiger partial charge in [-0.05, 0) is 12.8 Å². The van der Waals surface area contributed by atoms with Gasteiger partial charge in [0.15, 0.2) is 11.4 Å². The fraction of sp³-hybridized carbons (Fsp3) is 0.500. The lowest BCUT2D eigenvalue weighted by molar-refractivity contribution is -0.144. The number of carbonyl (C=O) groups is 2. The summed E-state index contributed by atoms with van der Waals surface area (Å²) in [5, 5.41) is 8.98. The summed E-state index contributed by atoms with van der Waals surface area (Å²) < 4.78 is 44.3. The van der Waals surface area contributed by atoms with Crippen molar-refractivity contribution >= 4 is 11.9 Å². The van der Waals surface area contributed by atoms with Gasteiger partial charge >= 0.3 is 12.1 Å². The predicted octanol–water partition coefficient (Wildman–Crippen LogP) is 1.09. The van der Waals surface area contributed by atoms with Crippen LogP contribution in [-0.2, 0) is 15.7 Å². The first-order chi connectivity index (χ1) is 10.3. The van der Waals surface area contributed by atoms with E-state index in [9.17, 15) is 22.8 Å². The summed E-state index contributed by atoms with van der Waals surface area (Å²) in [6, 6.07) is -0.357. The number of alkyl halides is 3. The number of halogens is 3. The fourth-order valence-corrected chi connectivity index (χ4v) is 1.74. The first-order valence-electron chi connectivity index (χ1n) is 6.39. The van der Waals surface area contributed by atoms with Crippen molar-refractivity contribution in [2.75, 3.05) is 13.7 Å². The lowest BCUT2D eigenvalue weighted by Crippen LogP contribution is -2.27. The Kier molecular flexibility index (Phi) is 4.48. The summed E-state index contributed by atoms with van der Waals surface area (Å²) in [6.07, 6.45) is -1.26. The number of methoxy groups -OCH3 is 1. The van der Waals surface area contributed by atoms with E-state index in [0.29, 0.717) is 12.8 Å². The maximum Gasteiger partial charge on any atom is 0.435 e. The van der Waals surface area contributed by atoms with Gasteiger partial charge in [0.25, 0.3) is 5.91 Å². The average Bonchev–Trinajstić information content (AvgIpc) is 3.19. The summed E-state index contributed by atoms with van der Waals surface area (Å²) in [7, 11) is 1.18. The number of nitrogens with zero attached hydrogens (tertiary/aromatic N) is 3. The highest BCUT2D eigenvalue weighted by molar-refractivity contribution is 5.93. The summed E-state index contributed by atoms with van der Waals surface area (Å²) >= 11 is 0. The first-order valence-corrected chi connectivity index (χ1v) is 6.39. The Labute approximate surface area is 123 Å². The molecule has 0 bridgehead atoms. The van der Waals surface area contributed by atoms with Crippen LogP contribution < -0.4 is 5.32 Å². The molecule has 2 rings (SSSR count). The van der Waals surface area contributed by atoms with Crippen molar-refractivity contribution in [2.24, 2.45) is 0 Å². The molecule has 1 aliphatic carbocycles. The van der Waals surface area contributed by atoms with E-state index in [4.69, 9.17) is 0 Å². The molecule has 1 aromatic rings. The van der Waals surface area contributed by atoms with Crippen LogP contribution in [0, 0.1) is 0 Å². The summed E-state index contributed by atoms with van der Waals surface area (Å²) in [5.41, 5.74) is -1.92. The van der Waals surface area contributed by atoms with E-state index in [0.717, 1.165) is 10.8 Å². The van der Waals surface area contributed by atoms with Gasteiger partial charge in [0.2, 0.25) is 0 Å². The second kappa shape index (κ2) is 6.16. The Morgan fingerprint density at radius 3 is 2.68 bits per heavy atom. The molecule has 1 amide bonds. The molecule has 1 saturated carbocycles. The number of aromatic nitrogens is 3. The molecule has 7 nitrogen and oxygen atoms in total. The number of amides is 1. The zero-order chi connectivity index (χ0) is 16.3. The van der Waals surface area contributed by atoms with Crippen LogP contribution >= 0.6 is 0 Å². The summed E-state index contributed by atoms with van der Waals surface area (Å²) in [5.74, 6) is -1.64. The van der Waals surface area contributed by atoms with Gasteiger partial charge in [-0.1, -0.05) is 11.3 Å². The van der Waals surface area contributed by atoms with Crippen molar-refractivity contribution in [1.82, 2.24) is 20.3 Å². The molecular formula is C12H13F3N4O3. The van der Waals surface area contributed by atoms with Crippen LogP contribution in [0.5, 0.6) is 0 Å². The monoisotopic (exact) mass is 318 g/mol. The molecule has 0 aromatic carbocycles. The van der Waals surface area contributed by atoms with Gasteiger partial charge in [0.05, 0.1) is 13.2 Å². The highest BCUT2D eigenvalue weighted by atomic mass is 19.4. The highest BCUT2D eigenvalue weighted by Gasteiger charge is 2.44. The topological polar surface area (TPSA) is 86.1 Å². The molecule has 10 heteroatoms. The molecule has 1 aliphatic rings. The lowest BCUT2D eigenvalue weighted by Gasteiger charge is -2.10. The maximum absolute atomic E-state index is 13.1. The van der Waals surface area contributed by atoms with Crippen molar-refractivity contribution in [3.63, 3.8) is 0 Å². The molecule has 0 aliphatic heterocycles. The zero-order valence-electron chi connectivity index (χ0n) is 11.6. The molecular weight excluding hydrogens is 305 g/mol. The number of carbonyl (C=O) groups excluding carboxylic acids is 2. The van der Waals surface area contributed by atoms with Gasteiger partial charge in [0, 0.05) is 12.6 Å². The molecule has 0 spiro atoms. The molecule has 120 valence electrons. The van der Waals surface area contributed by atoms with E-state index in [1.165, 1.54) is 13.2 Å². The number of nitrogens with one attached hydrogen (secondary N) is 1. The van der Waals surface area contributed by atoms with Gasteiger partial charge in [0.1, 0.15) is 0 Å². The van der Waals surface area contributed by atoms with Crippen molar-refractivity contribution in [3.05, 3.63) is 23.5 Å². The van der Waals surface area contributed by atoms with Crippen LogP contribution in [0.4, 0.5) is 13.2 Å². The van der Waals surface area contributed by atoms with E-state index in [1.54, 1.807) is 0 Å². The minimum Gasteiger partial charge on any atom is -0.466 e. The molecule has 1 fully saturated rings. The van der Waals surface area contributed by atoms with Crippen LogP contribution in [-0.4, -0.2) is 40.5 Å². The Morgan fingerprint density at radius 2 is 2.14 bits per heavy atom. The van der Waals surface area contributed by atoms with Crippen molar-refractivity contribution < 1.29 is 27.5 Å². The summed E-state index contributed by atoms with van der Waals surface area (Å²) in [4.78, 5) is 22.6. The van der Waals surface area contributed by atoms with E-state index in [2.05, 4.69) is 20.4 Å². The molecule has 0 atom stereocenters. The normalized spacial score (nSPS) is 15.1. The van der Waals surface area contributed by atoms with Crippen LogP contribution in [0.15, 0.2) is 12.2 Å². The van der Waals surface area contributed by atoms with Gasteiger partial charge < -0.3 is 10.1 Å². The largest absolute Gasteiger partial charge is 0.466 e. The minimum atomic E-state index is -4.72. The van der Waals surface area contributed by atoms with E-state index in [1.807, 2.05) is 0 Å². The molecule has 0 unspecified atom stereocenters. The van der Waals surface area contributed by atoms with Crippen molar-refractivity contribution in [2.45, 2.75) is 25.1 Å². The zero-order valence-corrected chi connectivity index (χ0v) is 11.6. The Bertz CT molecular complexity index is 605. The third-order valence-electron chi connectivity index (χ3n) is 2.91. The number of ether oxygens (including phenoxy) is 1. The standard InChI is InChI=1S/C12H13F3N4O3/c1-22-8(20)3-2-6-16-11(21)9-10(12(13,14)15)19(18-17-9)7-4-5-7/h2-3,7H,4-6H2,1H3,(H,16,21)/b3-2+. The first kappa shape index (κ1) is 16.0. The van der Waals surface area contributed by atoms with Gasteiger partial charge in [-0.3, -0.25) is 4.79 Å². The fourth-order valence-electron chi connectivity index (χ4n) is 1.74. The third kappa shape index (κ3) is 3.62. The Balaban J connectivity index is 2.10. The molecule has 1 heterocycles. The predicted molar refractivity (Wildman–Crippen MR) is 66.8 cm³/mol. The smallest absolute Gasteiger partial charge is 0.435 e. The second-order valence-electron chi connectivity index (χ2n) is 4.60. The molecule has 1 aromatic heterocycles. The van der Waals surface area contributed by atoms with Crippen LogP contribution in [0.25, 0.3) is 0 Å². The maximum atomic E-state index is 13.1. The number of hydrogen-bond donors (Lipinski definition) is 1. The number of esters is 1. The highest BCUT2D eigenvalue weighted by Crippen LogP contribution is 2.40. The molecule has 1 N–H and O–H groups in total. The van der Waals surface area contributed by atoms with E-state index in [-0.39, 0.29) is 12.6 Å². The molecule has 22 heavy (non-hydrogen) atoms. The van der Waals surface area contributed by atoms with Crippen LogP contribution in [0.1, 0.15) is 35.1 Å². The molecule has 0 radical (unpaired) electrons. The van der Waals surface area contributed by atoms with Gasteiger partial charge in [-0.15, -0.1) is 5.10 Å². The van der Waals surface area contributed by atoms with Crippen molar-refractivity contribution in [3.8, 4) is 0 Å². The lowest BCUT2D eigenvalue weighted by atomic mass is 10.3. The minimum absolute atomic E-state index is 0.137. The van der Waals surface area contributed by atoms with Gasteiger partial charge in [-0.2, -0.15) is 13.2 Å². The van der Waals surface area contributed by atoms with Crippen LogP contribution in [0.2, 0.25) is 0 Å². The van der Waals surface area contributed by atoms with E-state index >= 15 is 0 Å². The van der Waals surface area contributed by atoms with Crippen molar-refractivity contribution in [1.29, 1.82) is 0 Å². The average molecular weight is 318 g/mol. The van der Waals surface area contributed by atoms with Gasteiger partial charge in [-0.25, -0.2) is 9.48 Å². The molecule has 0 saturated heterocycles. The number of rotatable bonds is 5. The van der Waals surface area contributed by atoms with Crippen LogP contribution in [0.3, 0.4) is 0 Å². The Hall–Kier alpha value is -2.39. The quantitative estimate of drug-likeness (QED) is 0.649. The van der Waals surface area contributed by atoms with E-state index < -0.39 is 29.4 Å². The second-order valence-corrected chi connectivity index (χ2v) is 4.60. The third-order valence-corrected chi connectivity index (χ3v) is 2.91. The Morgan fingerprint density at radius 1 is 1.45 bits per heavy atom. The summed E-state index contributed by atoms with van der Waals surface area (Å²) in [6.45, 7) is -0.137.